The van der Waals surface area contributed by atoms with E-state index in [0.717, 1.165) is 17.6 Å². The lowest BCUT2D eigenvalue weighted by Gasteiger charge is -2.19. The second-order valence-corrected chi connectivity index (χ2v) is 9.07. The molecule has 0 radical (unpaired) electrons. The number of hydrogen-bond acceptors (Lipinski definition) is 8. The number of nitrogens with zero attached hydrogens (tertiary/aromatic N) is 2. The van der Waals surface area contributed by atoms with Gasteiger partial charge in [-0.1, -0.05) is 0 Å². The van der Waals surface area contributed by atoms with E-state index >= 15 is 0 Å². The molecule has 0 aliphatic rings. The monoisotopic (exact) mass is 475 g/mol. The van der Waals surface area contributed by atoms with E-state index in [1.165, 1.54) is 12.1 Å². The SMILES string of the molecule is CN(C)c1ccc([NH2+]CNc2ccc(S(=O)(=O)NC(CCC(=O)C=[N+]=N)C(=O)[O-])cc2)cc1. The molecule has 0 spiro atoms. The normalized spacial score (nSPS) is 11.8. The van der Waals surface area contributed by atoms with Crippen LogP contribution in [0.3, 0.4) is 0 Å². The van der Waals surface area contributed by atoms with E-state index in [2.05, 4.69) is 10.1 Å². The van der Waals surface area contributed by atoms with Crippen LogP contribution in [0, 0.1) is 5.53 Å². The van der Waals surface area contributed by atoms with Gasteiger partial charge < -0.3 is 20.1 Å². The summed E-state index contributed by atoms with van der Waals surface area (Å²) < 4.78 is 27.1. The summed E-state index contributed by atoms with van der Waals surface area (Å²) in [5.41, 5.74) is 9.41. The third kappa shape index (κ3) is 8.13. The zero-order valence-electron chi connectivity index (χ0n) is 18.3. The van der Waals surface area contributed by atoms with Crippen molar-refractivity contribution in [1.82, 2.24) is 4.72 Å². The van der Waals surface area contributed by atoms with Crippen LogP contribution in [0.15, 0.2) is 53.4 Å². The van der Waals surface area contributed by atoms with Crippen LogP contribution in [0.25, 0.3) is 0 Å². The Morgan fingerprint density at radius 2 is 1.79 bits per heavy atom. The van der Waals surface area contributed by atoms with Gasteiger partial charge in [0.25, 0.3) is 0 Å². The first kappa shape index (κ1) is 25.7. The summed E-state index contributed by atoms with van der Waals surface area (Å²) in [7, 11) is -0.212. The second kappa shape index (κ2) is 11.9. The number of carboxylic acid groups (broad SMARTS) is 1. The molecule has 5 N–H and O–H groups in total. The third-order valence-electron chi connectivity index (χ3n) is 4.69. The Morgan fingerprint density at radius 1 is 1.15 bits per heavy atom. The van der Waals surface area contributed by atoms with Gasteiger partial charge in [0.15, 0.2) is 6.67 Å². The first-order valence-corrected chi connectivity index (χ1v) is 11.5. The standard InChI is InChI=1S/C21H26N6O5S/c1-27(2)17-7-3-15(4-8-17)23-14-24-16-5-10-19(11-6-16)33(31,32)26-20(21(29)30)12-9-18(28)13-25-22/h3-8,10-11,13,20,22-24,26H,9,12,14H2,1-2H3/p+1. The predicted molar refractivity (Wildman–Crippen MR) is 120 cm³/mol. The number of Topliss-reactive ketones (excluding diaryl/α,β-unsaturated/α-hetero) is 1. The Labute approximate surface area is 192 Å². The van der Waals surface area contributed by atoms with E-state index < -0.39 is 27.8 Å². The van der Waals surface area contributed by atoms with E-state index in [0.29, 0.717) is 12.4 Å². The molecule has 2 aromatic rings. The van der Waals surface area contributed by atoms with Crippen molar-refractivity contribution in [2.24, 2.45) is 0 Å². The molecule has 0 aliphatic carbocycles. The summed E-state index contributed by atoms with van der Waals surface area (Å²) in [6.45, 7) is 0.522. The largest absolute Gasteiger partial charge is 0.548 e. The van der Waals surface area contributed by atoms with Gasteiger partial charge in [0.2, 0.25) is 15.8 Å². The molecule has 0 amide bonds. The van der Waals surface area contributed by atoms with Gasteiger partial charge in [-0.25, -0.2) is 13.1 Å². The van der Waals surface area contributed by atoms with Gasteiger partial charge in [0, 0.05) is 44.0 Å². The molecule has 33 heavy (non-hydrogen) atoms. The van der Waals surface area contributed by atoms with Crippen LogP contribution >= 0.6 is 0 Å². The minimum Gasteiger partial charge on any atom is -0.548 e. The number of anilines is 2. The first-order valence-electron chi connectivity index (χ1n) is 10.0. The molecule has 0 aromatic heterocycles. The topological polar surface area (TPSA) is 173 Å². The maximum atomic E-state index is 12.5. The number of ketones is 1. The number of aliphatic carboxylic acids is 1. The Morgan fingerprint density at radius 3 is 2.33 bits per heavy atom. The van der Waals surface area contributed by atoms with Gasteiger partial charge in [-0.15, -0.1) is 0 Å². The van der Waals surface area contributed by atoms with Gasteiger partial charge in [0.05, 0.1) is 27.2 Å². The second-order valence-electron chi connectivity index (χ2n) is 7.35. The summed E-state index contributed by atoms with van der Waals surface area (Å²) >= 11 is 0. The average Bonchev–Trinajstić information content (AvgIpc) is 2.77. The molecule has 0 aliphatic heterocycles. The summed E-state index contributed by atoms with van der Waals surface area (Å²) in [6, 6.07) is 12.3. The number of carboxylic acids is 1. The van der Waals surface area contributed by atoms with E-state index in [1.54, 1.807) is 12.1 Å². The lowest BCUT2D eigenvalue weighted by molar-refractivity contribution is -0.565. The molecule has 2 rings (SSSR count). The molecular formula is C21H27N6O5S+. The molecule has 2 aromatic carbocycles. The molecule has 1 unspecified atom stereocenters. The lowest BCUT2D eigenvalue weighted by atomic mass is 10.1. The number of benzene rings is 2. The molecular weight excluding hydrogens is 448 g/mol. The van der Waals surface area contributed by atoms with E-state index in [-0.39, 0.29) is 17.7 Å². The maximum Gasteiger partial charge on any atom is 0.372 e. The van der Waals surface area contributed by atoms with E-state index in [9.17, 15) is 23.1 Å². The molecule has 0 heterocycles. The van der Waals surface area contributed by atoms with Crippen LogP contribution in [0.5, 0.6) is 0 Å². The van der Waals surface area contributed by atoms with Gasteiger partial charge in [0.1, 0.15) is 5.69 Å². The first-order chi connectivity index (χ1) is 15.6. The summed E-state index contributed by atoms with van der Waals surface area (Å²) in [4.78, 5) is 27.4. The van der Waals surface area contributed by atoms with Crippen molar-refractivity contribution < 1.29 is 33.2 Å². The number of nitrogens with one attached hydrogen (secondary N) is 3. The fourth-order valence-electron chi connectivity index (χ4n) is 2.85. The van der Waals surface area contributed by atoms with Gasteiger partial charge in [-0.3, -0.25) is 10.1 Å². The van der Waals surface area contributed by atoms with Crippen molar-refractivity contribution in [2.45, 2.75) is 23.8 Å². The van der Waals surface area contributed by atoms with Crippen LogP contribution in [-0.4, -0.2) is 58.0 Å². The molecule has 11 nitrogen and oxygen atoms in total. The number of carbonyl (C=O) groups is 2. The number of quaternary nitrogens is 1. The van der Waals surface area contributed by atoms with Crippen molar-refractivity contribution in [3.8, 4) is 0 Å². The highest BCUT2D eigenvalue weighted by atomic mass is 32.2. The number of nitrogens with two attached hydrogens (primary N) is 1. The van der Waals surface area contributed by atoms with E-state index in [4.69, 9.17) is 5.53 Å². The zero-order valence-corrected chi connectivity index (χ0v) is 19.1. The van der Waals surface area contributed by atoms with Gasteiger partial charge >= 0.3 is 6.21 Å². The van der Waals surface area contributed by atoms with Crippen molar-refractivity contribution in [3.05, 3.63) is 48.5 Å². The smallest absolute Gasteiger partial charge is 0.372 e. The number of carbonyl (C=O) groups excluding carboxylic acids is 2. The van der Waals surface area contributed by atoms with Crippen molar-refractivity contribution in [2.75, 3.05) is 31.0 Å². The number of rotatable bonds is 13. The summed E-state index contributed by atoms with van der Waals surface area (Å²) in [5, 5.41) is 16.4. The van der Waals surface area contributed by atoms with Crippen LogP contribution in [0.1, 0.15) is 12.8 Å². The summed E-state index contributed by atoms with van der Waals surface area (Å²) in [6.07, 6.45) is 0.112. The fraction of sp³-hybridized carbons (Fsp3) is 0.286. The molecule has 0 saturated carbocycles. The minimum absolute atomic E-state index is 0.124. The molecule has 12 heteroatoms. The predicted octanol–water partition coefficient (Wildman–Crippen LogP) is -0.927. The van der Waals surface area contributed by atoms with Gasteiger partial charge in [-0.2, -0.15) is 0 Å². The third-order valence-corrected chi connectivity index (χ3v) is 6.18. The Balaban J connectivity index is 1.94. The van der Waals surface area contributed by atoms with Crippen LogP contribution < -0.4 is 25.4 Å². The van der Waals surface area contributed by atoms with Crippen LogP contribution in [-0.2, 0) is 19.6 Å². The van der Waals surface area contributed by atoms with Crippen molar-refractivity contribution in [3.63, 3.8) is 0 Å². The Kier molecular flexibility index (Phi) is 9.25. The van der Waals surface area contributed by atoms with Crippen LogP contribution in [0.2, 0.25) is 0 Å². The lowest BCUT2D eigenvalue weighted by Crippen LogP contribution is -2.79. The van der Waals surface area contributed by atoms with Crippen molar-refractivity contribution >= 4 is 45.1 Å². The molecule has 1 atom stereocenters. The highest BCUT2D eigenvalue weighted by molar-refractivity contribution is 7.89. The maximum absolute atomic E-state index is 12.5. The molecule has 0 bridgehead atoms. The Hall–Kier alpha value is -3.57. The van der Waals surface area contributed by atoms with Crippen molar-refractivity contribution in [1.29, 1.82) is 5.53 Å². The van der Waals surface area contributed by atoms with Gasteiger partial charge in [-0.05, 0) is 42.8 Å². The highest BCUT2D eigenvalue weighted by Gasteiger charge is 2.22. The zero-order chi connectivity index (χ0) is 24.4. The number of sulfonamides is 1. The van der Waals surface area contributed by atoms with Crippen LogP contribution in [0.4, 0.5) is 17.1 Å². The molecule has 0 saturated heterocycles. The summed E-state index contributed by atoms with van der Waals surface area (Å²) in [5.74, 6) is -2.24. The number of hydrogen-bond donors (Lipinski definition) is 4. The van der Waals surface area contributed by atoms with E-state index in [1.807, 2.05) is 53.3 Å². The fourth-order valence-corrected chi connectivity index (χ4v) is 4.07. The molecule has 176 valence electrons. The Bertz CT molecular complexity index is 1110. The minimum atomic E-state index is -4.15. The quantitative estimate of drug-likeness (QED) is 0.0952. The average molecular weight is 476 g/mol. The molecule has 0 fully saturated rings. The highest BCUT2D eigenvalue weighted by Crippen LogP contribution is 2.15.